The maximum Gasteiger partial charge on any atom is 0.230 e. The van der Waals surface area contributed by atoms with Crippen LogP contribution in [0.25, 0.3) is 5.69 Å². The van der Waals surface area contributed by atoms with E-state index in [2.05, 4.69) is 16.5 Å². The van der Waals surface area contributed by atoms with Crippen LogP contribution in [0.5, 0.6) is 0 Å². The zero-order chi connectivity index (χ0) is 18.4. The van der Waals surface area contributed by atoms with Gasteiger partial charge >= 0.3 is 0 Å². The topological polar surface area (TPSA) is 46.9 Å². The molecule has 138 valence electrons. The summed E-state index contributed by atoms with van der Waals surface area (Å²) in [6.45, 7) is 0.685. The molecule has 1 N–H and O–H groups in total. The van der Waals surface area contributed by atoms with Gasteiger partial charge in [-0.25, -0.2) is 9.07 Å². The third kappa shape index (κ3) is 5.49. The van der Waals surface area contributed by atoms with Gasteiger partial charge in [0.05, 0.1) is 11.4 Å². The predicted molar refractivity (Wildman–Crippen MR) is 107 cm³/mol. The number of hydrogen-bond acceptors (Lipinski definition) is 5. The number of nitrogens with zero attached hydrogens (tertiary/aromatic N) is 2. The molecule has 1 aromatic heterocycles. The molecule has 0 spiro atoms. The number of amides is 1. The van der Waals surface area contributed by atoms with Crippen molar-refractivity contribution in [3.05, 3.63) is 45.7 Å². The molecule has 0 saturated heterocycles. The van der Waals surface area contributed by atoms with Crippen LogP contribution in [0.3, 0.4) is 0 Å². The molecule has 0 bridgehead atoms. The lowest BCUT2D eigenvalue weighted by atomic mass is 9.97. The first kappa shape index (κ1) is 19.3. The largest absolute Gasteiger partial charge is 0.355 e. The number of rotatable bonds is 7. The first-order valence-corrected chi connectivity index (χ1v) is 10.8. The number of benzene rings is 1. The lowest BCUT2D eigenvalue weighted by Gasteiger charge is -2.12. The average Bonchev–Trinajstić information content (AvgIpc) is 3.02. The third-order valence-corrected chi connectivity index (χ3v) is 6.45. The predicted octanol–water partition coefficient (Wildman–Crippen LogP) is 4.90. The summed E-state index contributed by atoms with van der Waals surface area (Å²) in [5.41, 5.74) is 2.17. The highest BCUT2D eigenvalue weighted by Gasteiger charge is 2.10. The lowest BCUT2D eigenvalue weighted by molar-refractivity contribution is -0.118. The molecule has 1 aliphatic rings. The fourth-order valence-electron chi connectivity index (χ4n) is 2.74. The van der Waals surface area contributed by atoms with Crippen molar-refractivity contribution in [2.45, 2.75) is 36.4 Å². The van der Waals surface area contributed by atoms with Crippen LogP contribution >= 0.6 is 35.3 Å². The molecule has 8 heteroatoms. The lowest BCUT2D eigenvalue weighted by Crippen LogP contribution is -2.26. The summed E-state index contributed by atoms with van der Waals surface area (Å²) >= 11 is 8.03. The van der Waals surface area contributed by atoms with Gasteiger partial charge in [0.1, 0.15) is 5.82 Å². The number of aromatic nitrogens is 2. The second-order valence-corrected chi connectivity index (χ2v) is 8.86. The number of thioether (sulfide) groups is 1. The third-order valence-electron chi connectivity index (χ3n) is 4.08. The SMILES string of the molecule is O=C(CSc1nn(-c2ccc(F)cc2)c(=S)s1)NCCC1=CCCCC1. The smallest absolute Gasteiger partial charge is 0.230 e. The van der Waals surface area contributed by atoms with Crippen LogP contribution in [-0.2, 0) is 4.79 Å². The fourth-order valence-corrected chi connectivity index (χ4v) is 4.93. The maximum atomic E-state index is 13.0. The van der Waals surface area contributed by atoms with Gasteiger partial charge in [-0.2, -0.15) is 0 Å². The van der Waals surface area contributed by atoms with Crippen LogP contribution in [0.15, 0.2) is 40.3 Å². The van der Waals surface area contributed by atoms with E-state index in [1.165, 1.54) is 60.1 Å². The van der Waals surface area contributed by atoms with Crippen molar-refractivity contribution < 1.29 is 9.18 Å². The van der Waals surface area contributed by atoms with Crippen LogP contribution in [-0.4, -0.2) is 28.0 Å². The van der Waals surface area contributed by atoms with Gasteiger partial charge in [-0.3, -0.25) is 4.79 Å². The van der Waals surface area contributed by atoms with E-state index in [9.17, 15) is 9.18 Å². The van der Waals surface area contributed by atoms with Crippen molar-refractivity contribution in [3.63, 3.8) is 0 Å². The summed E-state index contributed by atoms with van der Waals surface area (Å²) in [4.78, 5) is 12.0. The van der Waals surface area contributed by atoms with Gasteiger partial charge in [0.15, 0.2) is 8.29 Å². The molecule has 0 unspecified atom stereocenters. The minimum Gasteiger partial charge on any atom is -0.355 e. The number of hydrogen-bond donors (Lipinski definition) is 1. The van der Waals surface area contributed by atoms with E-state index >= 15 is 0 Å². The summed E-state index contributed by atoms with van der Waals surface area (Å²) in [7, 11) is 0. The van der Waals surface area contributed by atoms with Crippen LogP contribution in [0, 0.1) is 9.77 Å². The number of carbonyl (C=O) groups excluding carboxylic acids is 1. The first-order chi connectivity index (χ1) is 12.6. The molecule has 1 heterocycles. The highest BCUT2D eigenvalue weighted by Crippen LogP contribution is 2.24. The minimum atomic E-state index is -0.300. The quantitative estimate of drug-likeness (QED) is 0.401. The van der Waals surface area contributed by atoms with Crippen molar-refractivity contribution in [3.8, 4) is 5.69 Å². The van der Waals surface area contributed by atoms with Crippen LogP contribution in [0.1, 0.15) is 32.1 Å². The molecule has 2 aromatic rings. The summed E-state index contributed by atoms with van der Waals surface area (Å²) in [6.07, 6.45) is 8.11. The Balaban J connectivity index is 1.48. The van der Waals surface area contributed by atoms with Gasteiger partial charge < -0.3 is 5.32 Å². The van der Waals surface area contributed by atoms with Crippen molar-refractivity contribution in [2.75, 3.05) is 12.3 Å². The van der Waals surface area contributed by atoms with Gasteiger partial charge in [0, 0.05) is 6.54 Å². The average molecular weight is 410 g/mol. The van der Waals surface area contributed by atoms with Crippen LogP contribution in [0.2, 0.25) is 0 Å². The normalized spacial score (nSPS) is 14.1. The highest BCUT2D eigenvalue weighted by molar-refractivity contribution is 8.01. The van der Waals surface area contributed by atoms with E-state index in [4.69, 9.17) is 12.2 Å². The van der Waals surface area contributed by atoms with Gasteiger partial charge in [0.25, 0.3) is 0 Å². The summed E-state index contributed by atoms with van der Waals surface area (Å²) in [5.74, 6) is 0.0108. The molecule has 26 heavy (non-hydrogen) atoms. The van der Waals surface area contributed by atoms with Gasteiger partial charge in [-0.05, 0) is 68.6 Å². The molecule has 0 fully saturated rings. The molecule has 1 aromatic carbocycles. The van der Waals surface area contributed by atoms with Crippen molar-refractivity contribution in [1.82, 2.24) is 15.1 Å². The molecule has 0 radical (unpaired) electrons. The van der Waals surface area contributed by atoms with Crippen molar-refractivity contribution in [2.24, 2.45) is 0 Å². The van der Waals surface area contributed by atoms with E-state index in [0.29, 0.717) is 21.9 Å². The Bertz CT molecular complexity index is 842. The Kier molecular flexibility index (Phi) is 6.99. The molecule has 1 amide bonds. The monoisotopic (exact) mass is 409 g/mol. The number of nitrogens with one attached hydrogen (secondary N) is 1. The Hall–Kier alpha value is -1.51. The molecular weight excluding hydrogens is 389 g/mol. The number of allylic oxidation sites excluding steroid dienone is 1. The fraction of sp³-hybridized carbons (Fsp3) is 0.389. The summed E-state index contributed by atoms with van der Waals surface area (Å²) in [6, 6.07) is 6.01. The molecule has 1 aliphatic carbocycles. The minimum absolute atomic E-state index is 0.000796. The van der Waals surface area contributed by atoms with Crippen LogP contribution < -0.4 is 5.32 Å². The van der Waals surface area contributed by atoms with E-state index in [-0.39, 0.29) is 11.7 Å². The second kappa shape index (κ2) is 9.43. The van der Waals surface area contributed by atoms with Crippen LogP contribution in [0.4, 0.5) is 4.39 Å². The molecule has 0 atom stereocenters. The van der Waals surface area contributed by atoms with E-state index in [1.54, 1.807) is 16.8 Å². The Morgan fingerprint density at radius 2 is 2.15 bits per heavy atom. The Morgan fingerprint density at radius 3 is 2.88 bits per heavy atom. The molecular formula is C18H20FN3OS3. The second-order valence-electron chi connectivity index (χ2n) is 6.02. The number of halogens is 1. The molecule has 3 rings (SSSR count). The maximum absolute atomic E-state index is 13.0. The van der Waals surface area contributed by atoms with Gasteiger partial charge in [-0.15, -0.1) is 5.10 Å². The molecule has 4 nitrogen and oxygen atoms in total. The molecule has 0 saturated carbocycles. The highest BCUT2D eigenvalue weighted by atomic mass is 32.2. The van der Waals surface area contributed by atoms with Gasteiger partial charge in [0.2, 0.25) is 5.91 Å². The van der Waals surface area contributed by atoms with E-state index in [1.807, 2.05) is 0 Å². The first-order valence-electron chi connectivity index (χ1n) is 8.55. The van der Waals surface area contributed by atoms with E-state index < -0.39 is 0 Å². The zero-order valence-corrected chi connectivity index (χ0v) is 16.7. The standard InChI is InChI=1S/C18H20FN3OS3/c19-14-6-8-15(9-7-14)22-18(24)26-17(21-22)25-12-16(23)20-11-10-13-4-2-1-3-5-13/h4,6-9H,1-3,5,10-12H2,(H,20,23). The van der Waals surface area contributed by atoms with E-state index in [0.717, 1.165) is 17.2 Å². The number of carbonyl (C=O) groups is 1. The Labute approximate surface area is 165 Å². The van der Waals surface area contributed by atoms with Crippen molar-refractivity contribution in [1.29, 1.82) is 0 Å². The summed E-state index contributed by atoms with van der Waals surface area (Å²) < 4.78 is 15.9. The molecule has 0 aliphatic heterocycles. The zero-order valence-electron chi connectivity index (χ0n) is 14.2. The van der Waals surface area contributed by atoms with Gasteiger partial charge in [-0.1, -0.05) is 34.7 Å². The Morgan fingerprint density at radius 1 is 1.35 bits per heavy atom. The van der Waals surface area contributed by atoms with Crippen molar-refractivity contribution >= 4 is 41.2 Å². The summed E-state index contributed by atoms with van der Waals surface area (Å²) in [5, 5.41) is 7.38.